The van der Waals surface area contributed by atoms with Crippen LogP contribution in [-0.2, 0) is 4.74 Å². The van der Waals surface area contributed by atoms with Gasteiger partial charge in [0.15, 0.2) is 0 Å². The van der Waals surface area contributed by atoms with Crippen molar-refractivity contribution in [3.05, 3.63) is 22.8 Å². The highest BCUT2D eigenvalue weighted by Gasteiger charge is 2.41. The smallest absolute Gasteiger partial charge is 0.251 e. The molecule has 102 valence electrons. The lowest BCUT2D eigenvalue weighted by atomic mass is 10.1. The normalized spacial score (nSPS) is 26.4. The lowest BCUT2D eigenvalue weighted by Crippen LogP contribution is -2.41. The first-order chi connectivity index (χ1) is 9.13. The van der Waals surface area contributed by atoms with Crippen molar-refractivity contribution in [2.24, 2.45) is 5.92 Å². The molecular formula is C13H16ClN3O2. The molecule has 3 N–H and O–H groups in total. The van der Waals surface area contributed by atoms with Gasteiger partial charge in [-0.25, -0.2) is 4.98 Å². The summed E-state index contributed by atoms with van der Waals surface area (Å²) in [5.41, 5.74) is 6.03. The van der Waals surface area contributed by atoms with E-state index in [1.165, 1.54) is 25.0 Å². The maximum absolute atomic E-state index is 12.2. The number of nitrogens with zero attached hydrogens (tertiary/aromatic N) is 1. The van der Waals surface area contributed by atoms with Gasteiger partial charge >= 0.3 is 0 Å². The molecule has 2 aliphatic rings. The number of nitrogens with one attached hydrogen (secondary N) is 1. The molecule has 1 aliphatic carbocycles. The number of nitrogen functional groups attached to an aromatic ring is 1. The van der Waals surface area contributed by atoms with Crippen LogP contribution in [0.2, 0.25) is 5.15 Å². The Labute approximate surface area is 116 Å². The van der Waals surface area contributed by atoms with Crippen LogP contribution in [0.4, 0.5) is 5.82 Å². The Kier molecular flexibility index (Phi) is 3.33. The fourth-order valence-electron chi connectivity index (χ4n) is 2.56. The van der Waals surface area contributed by atoms with Gasteiger partial charge in [0.25, 0.3) is 5.91 Å². The number of hydrogen-bond acceptors (Lipinski definition) is 4. The molecule has 5 nitrogen and oxygen atoms in total. The summed E-state index contributed by atoms with van der Waals surface area (Å²) in [5.74, 6) is 0.690. The molecule has 2 fully saturated rings. The third kappa shape index (κ3) is 2.82. The Morgan fingerprint density at radius 1 is 1.42 bits per heavy atom. The van der Waals surface area contributed by atoms with E-state index in [1.54, 1.807) is 0 Å². The van der Waals surface area contributed by atoms with E-state index in [4.69, 9.17) is 22.1 Å². The Morgan fingerprint density at radius 2 is 2.21 bits per heavy atom. The standard InChI is InChI=1S/C13H16ClN3O2/c14-10-5-8(6-11(15)17-10)13(18)16-9-3-4-19-12(9)7-1-2-7/h5-7,9,12H,1-4H2,(H2,15,17)(H,16,18). The summed E-state index contributed by atoms with van der Waals surface area (Å²) in [6, 6.07) is 3.14. The number of anilines is 1. The molecule has 6 heteroatoms. The average molecular weight is 282 g/mol. The molecule has 19 heavy (non-hydrogen) atoms. The number of aromatic nitrogens is 1. The van der Waals surface area contributed by atoms with Gasteiger partial charge in [-0.1, -0.05) is 11.6 Å². The Bertz CT molecular complexity index is 484. The van der Waals surface area contributed by atoms with Crippen molar-refractivity contribution in [3.63, 3.8) is 0 Å². The van der Waals surface area contributed by atoms with Crippen molar-refractivity contribution in [2.75, 3.05) is 12.3 Å². The summed E-state index contributed by atoms with van der Waals surface area (Å²) in [7, 11) is 0. The fourth-order valence-corrected chi connectivity index (χ4v) is 2.77. The predicted octanol–water partition coefficient (Wildman–Crippen LogP) is 1.61. The summed E-state index contributed by atoms with van der Waals surface area (Å²) >= 11 is 5.80. The third-order valence-electron chi connectivity index (χ3n) is 3.61. The lowest BCUT2D eigenvalue weighted by Gasteiger charge is -2.19. The zero-order valence-electron chi connectivity index (χ0n) is 10.4. The minimum Gasteiger partial charge on any atom is -0.384 e. The molecular weight excluding hydrogens is 266 g/mol. The topological polar surface area (TPSA) is 77.2 Å². The zero-order chi connectivity index (χ0) is 13.4. The van der Waals surface area contributed by atoms with Crippen LogP contribution in [0.3, 0.4) is 0 Å². The molecule has 0 bridgehead atoms. The monoisotopic (exact) mass is 281 g/mol. The van der Waals surface area contributed by atoms with Gasteiger partial charge in [-0.3, -0.25) is 4.79 Å². The highest BCUT2D eigenvalue weighted by atomic mass is 35.5. The predicted molar refractivity (Wildman–Crippen MR) is 72.0 cm³/mol. The summed E-state index contributed by atoms with van der Waals surface area (Å²) < 4.78 is 5.70. The highest BCUT2D eigenvalue weighted by molar-refractivity contribution is 6.29. The van der Waals surface area contributed by atoms with E-state index in [9.17, 15) is 4.79 Å². The van der Waals surface area contributed by atoms with E-state index < -0.39 is 0 Å². The minimum atomic E-state index is -0.169. The number of carbonyl (C=O) groups excluding carboxylic acids is 1. The van der Waals surface area contributed by atoms with Crippen LogP contribution in [0.5, 0.6) is 0 Å². The molecule has 1 aromatic heterocycles. The summed E-state index contributed by atoms with van der Waals surface area (Å²) in [6.07, 6.45) is 3.43. The van der Waals surface area contributed by atoms with Crippen LogP contribution in [0.15, 0.2) is 12.1 Å². The van der Waals surface area contributed by atoms with Crippen LogP contribution in [0, 0.1) is 5.92 Å². The van der Waals surface area contributed by atoms with Gasteiger partial charge in [0.2, 0.25) is 0 Å². The first-order valence-electron chi connectivity index (χ1n) is 6.49. The second kappa shape index (κ2) is 4.98. The van der Waals surface area contributed by atoms with Gasteiger partial charge in [-0.2, -0.15) is 0 Å². The van der Waals surface area contributed by atoms with Crippen molar-refractivity contribution < 1.29 is 9.53 Å². The summed E-state index contributed by atoms with van der Waals surface area (Å²) in [6.45, 7) is 0.714. The van der Waals surface area contributed by atoms with Gasteiger partial charge in [-0.15, -0.1) is 0 Å². The molecule has 1 saturated heterocycles. The molecule has 1 amide bonds. The number of carbonyl (C=O) groups is 1. The summed E-state index contributed by atoms with van der Waals surface area (Å²) in [5, 5.41) is 3.24. The number of hydrogen-bond donors (Lipinski definition) is 2. The Morgan fingerprint density at radius 3 is 2.89 bits per heavy atom. The van der Waals surface area contributed by atoms with Crippen molar-refractivity contribution in [2.45, 2.75) is 31.4 Å². The van der Waals surface area contributed by atoms with E-state index in [0.717, 1.165) is 6.42 Å². The number of nitrogens with two attached hydrogens (primary N) is 1. The molecule has 2 unspecified atom stereocenters. The molecule has 1 aliphatic heterocycles. The summed E-state index contributed by atoms with van der Waals surface area (Å²) in [4.78, 5) is 16.0. The van der Waals surface area contributed by atoms with Gasteiger partial charge in [0.05, 0.1) is 12.1 Å². The van der Waals surface area contributed by atoms with Gasteiger partial charge in [0.1, 0.15) is 11.0 Å². The highest BCUT2D eigenvalue weighted by Crippen LogP contribution is 2.38. The number of ether oxygens (including phenoxy) is 1. The number of halogens is 1. The van der Waals surface area contributed by atoms with Crippen molar-refractivity contribution in [1.82, 2.24) is 10.3 Å². The van der Waals surface area contributed by atoms with Crippen molar-refractivity contribution in [1.29, 1.82) is 0 Å². The van der Waals surface area contributed by atoms with Gasteiger partial charge < -0.3 is 15.8 Å². The number of amides is 1. The lowest BCUT2D eigenvalue weighted by molar-refractivity contribution is 0.0729. The zero-order valence-corrected chi connectivity index (χ0v) is 11.2. The Balaban J connectivity index is 1.70. The van der Waals surface area contributed by atoms with E-state index in [1.807, 2.05) is 0 Å². The molecule has 3 rings (SSSR count). The molecule has 2 atom stereocenters. The number of pyridine rings is 1. The quantitative estimate of drug-likeness (QED) is 0.825. The molecule has 0 radical (unpaired) electrons. The molecule has 0 aromatic carbocycles. The molecule has 1 aromatic rings. The second-order valence-corrected chi connectivity index (χ2v) is 5.53. The van der Waals surface area contributed by atoms with Crippen LogP contribution in [0.1, 0.15) is 29.6 Å². The van der Waals surface area contributed by atoms with E-state index in [0.29, 0.717) is 18.1 Å². The van der Waals surface area contributed by atoms with Crippen LogP contribution in [-0.4, -0.2) is 29.6 Å². The van der Waals surface area contributed by atoms with Gasteiger partial charge in [-0.05, 0) is 37.3 Å². The van der Waals surface area contributed by atoms with E-state index in [2.05, 4.69) is 10.3 Å². The first-order valence-corrected chi connectivity index (χ1v) is 6.87. The average Bonchev–Trinajstić information content (AvgIpc) is 3.09. The van der Waals surface area contributed by atoms with Crippen LogP contribution < -0.4 is 11.1 Å². The maximum Gasteiger partial charge on any atom is 0.251 e. The van der Waals surface area contributed by atoms with Crippen molar-refractivity contribution >= 4 is 23.3 Å². The molecule has 2 heterocycles. The van der Waals surface area contributed by atoms with E-state index >= 15 is 0 Å². The molecule has 1 saturated carbocycles. The molecule has 0 spiro atoms. The largest absolute Gasteiger partial charge is 0.384 e. The van der Waals surface area contributed by atoms with Crippen LogP contribution in [0.25, 0.3) is 0 Å². The third-order valence-corrected chi connectivity index (χ3v) is 3.81. The number of rotatable bonds is 3. The van der Waals surface area contributed by atoms with Crippen molar-refractivity contribution in [3.8, 4) is 0 Å². The SMILES string of the molecule is Nc1cc(C(=O)NC2CCOC2C2CC2)cc(Cl)n1. The van der Waals surface area contributed by atoms with Gasteiger partial charge in [0, 0.05) is 12.2 Å². The first kappa shape index (κ1) is 12.7. The maximum atomic E-state index is 12.2. The Hall–Kier alpha value is -1.33. The fraction of sp³-hybridized carbons (Fsp3) is 0.538. The minimum absolute atomic E-state index is 0.0909. The second-order valence-electron chi connectivity index (χ2n) is 5.14. The van der Waals surface area contributed by atoms with Crippen LogP contribution >= 0.6 is 11.6 Å². The van der Waals surface area contributed by atoms with E-state index in [-0.39, 0.29) is 29.0 Å².